The fourth-order valence-corrected chi connectivity index (χ4v) is 5.15. The van der Waals surface area contributed by atoms with Crippen molar-refractivity contribution in [2.24, 2.45) is 11.3 Å². The number of carboxylic acids is 1. The van der Waals surface area contributed by atoms with Gasteiger partial charge in [-0.2, -0.15) is 0 Å². The van der Waals surface area contributed by atoms with E-state index in [4.69, 9.17) is 4.74 Å². The zero-order valence-electron chi connectivity index (χ0n) is 19.9. The normalized spacial score (nSPS) is 20.1. The third-order valence-corrected chi connectivity index (χ3v) is 7.35. The van der Waals surface area contributed by atoms with Crippen molar-refractivity contribution in [3.8, 4) is 11.1 Å². The molecule has 2 aromatic carbocycles. The Labute approximate surface area is 200 Å². The molecule has 1 unspecified atom stereocenters. The molecule has 1 heterocycles. The molecule has 7 heteroatoms. The van der Waals surface area contributed by atoms with E-state index in [0.717, 1.165) is 22.3 Å². The summed E-state index contributed by atoms with van der Waals surface area (Å²) >= 11 is 0. The summed E-state index contributed by atoms with van der Waals surface area (Å²) in [5, 5.41) is 12.4. The second-order valence-corrected chi connectivity index (χ2v) is 9.64. The topological polar surface area (TPSA) is 95.9 Å². The van der Waals surface area contributed by atoms with Crippen molar-refractivity contribution >= 4 is 18.0 Å². The van der Waals surface area contributed by atoms with Crippen molar-refractivity contribution in [1.82, 2.24) is 10.2 Å². The molecular weight excluding hydrogens is 432 g/mol. The molecule has 2 aromatic rings. The fourth-order valence-electron chi connectivity index (χ4n) is 5.15. The van der Waals surface area contributed by atoms with Gasteiger partial charge in [0.2, 0.25) is 5.91 Å². The largest absolute Gasteiger partial charge is 0.481 e. The predicted molar refractivity (Wildman–Crippen MR) is 128 cm³/mol. The first-order chi connectivity index (χ1) is 16.3. The number of carboxylic acid groups (broad SMARTS) is 1. The van der Waals surface area contributed by atoms with Gasteiger partial charge in [-0.25, -0.2) is 4.79 Å². The second kappa shape index (κ2) is 9.49. The predicted octanol–water partition coefficient (Wildman–Crippen LogP) is 4.26. The van der Waals surface area contributed by atoms with Gasteiger partial charge in [0.1, 0.15) is 12.6 Å². The molecule has 0 bridgehead atoms. The number of carbonyl (C=O) groups is 3. The fraction of sp³-hybridized carbons (Fsp3) is 0.444. The third kappa shape index (κ3) is 4.27. The second-order valence-electron chi connectivity index (χ2n) is 9.64. The van der Waals surface area contributed by atoms with Crippen LogP contribution in [0.3, 0.4) is 0 Å². The summed E-state index contributed by atoms with van der Waals surface area (Å²) in [5.41, 5.74) is 3.62. The number of hydrogen-bond acceptors (Lipinski definition) is 4. The summed E-state index contributed by atoms with van der Waals surface area (Å²) in [4.78, 5) is 39.3. The van der Waals surface area contributed by atoms with Crippen LogP contribution in [0.4, 0.5) is 4.79 Å². The van der Waals surface area contributed by atoms with Crippen molar-refractivity contribution in [3.63, 3.8) is 0 Å². The van der Waals surface area contributed by atoms with Crippen LogP contribution in [-0.4, -0.2) is 53.7 Å². The van der Waals surface area contributed by atoms with E-state index in [9.17, 15) is 19.5 Å². The number of nitrogens with one attached hydrogen (secondary N) is 1. The third-order valence-electron chi connectivity index (χ3n) is 7.35. The summed E-state index contributed by atoms with van der Waals surface area (Å²) in [5.74, 6) is -1.38. The average Bonchev–Trinajstić information content (AvgIpc) is 3.41. The number of alkyl carbamates (subject to hydrolysis) is 1. The lowest BCUT2D eigenvalue weighted by atomic mass is 9.84. The molecule has 4 rings (SSSR count). The number of benzene rings is 2. The van der Waals surface area contributed by atoms with Crippen LogP contribution in [0.15, 0.2) is 48.5 Å². The van der Waals surface area contributed by atoms with Gasteiger partial charge >= 0.3 is 12.1 Å². The molecule has 1 saturated heterocycles. The van der Waals surface area contributed by atoms with Gasteiger partial charge in [-0.3, -0.25) is 9.59 Å². The standard InChI is InChI=1S/C27H32N2O5/c1-4-27(25(31)32)13-14-29(16-27)24(30)23(17(2)3)28-26(33)34-15-22-20-11-7-5-9-18(20)19-10-6-8-12-21(19)22/h5-12,17,22-23H,4,13-16H2,1-3H3,(H,28,33)(H,31,32)/t23-,27?/m0/s1. The number of ether oxygens (including phenoxy) is 1. The Kier molecular flexibility index (Phi) is 6.64. The highest BCUT2D eigenvalue weighted by molar-refractivity contribution is 5.87. The first-order valence-electron chi connectivity index (χ1n) is 11.9. The van der Waals surface area contributed by atoms with E-state index in [-0.39, 0.29) is 30.9 Å². The van der Waals surface area contributed by atoms with E-state index >= 15 is 0 Å². The summed E-state index contributed by atoms with van der Waals surface area (Å²) in [6.07, 6.45) is 0.228. The number of fused-ring (bicyclic) bond motifs is 3. The van der Waals surface area contributed by atoms with Crippen molar-refractivity contribution in [1.29, 1.82) is 0 Å². The highest BCUT2D eigenvalue weighted by Crippen LogP contribution is 2.44. The minimum Gasteiger partial charge on any atom is -0.481 e. The van der Waals surface area contributed by atoms with Crippen LogP contribution in [0.5, 0.6) is 0 Å². The zero-order valence-corrected chi connectivity index (χ0v) is 19.9. The molecule has 34 heavy (non-hydrogen) atoms. The average molecular weight is 465 g/mol. The molecule has 0 spiro atoms. The summed E-state index contributed by atoms with van der Waals surface area (Å²) < 4.78 is 5.62. The van der Waals surface area contributed by atoms with E-state index in [1.165, 1.54) is 0 Å². The van der Waals surface area contributed by atoms with Gasteiger partial charge in [0.15, 0.2) is 0 Å². The number of rotatable bonds is 7. The van der Waals surface area contributed by atoms with E-state index in [2.05, 4.69) is 29.6 Å². The van der Waals surface area contributed by atoms with Gasteiger partial charge in [0.05, 0.1) is 5.41 Å². The maximum atomic E-state index is 13.2. The van der Waals surface area contributed by atoms with Crippen LogP contribution in [0.2, 0.25) is 0 Å². The highest BCUT2D eigenvalue weighted by atomic mass is 16.5. The number of nitrogens with zero attached hydrogens (tertiary/aromatic N) is 1. The SMILES string of the molecule is CCC1(C(=O)O)CCN(C(=O)[C@@H](NC(=O)OCC2c3ccccc3-c3ccccc32)C(C)C)C1. The van der Waals surface area contributed by atoms with Crippen molar-refractivity contribution in [2.45, 2.75) is 45.6 Å². The van der Waals surface area contributed by atoms with E-state index < -0.39 is 23.5 Å². The van der Waals surface area contributed by atoms with Crippen LogP contribution in [-0.2, 0) is 14.3 Å². The van der Waals surface area contributed by atoms with Crippen molar-refractivity contribution in [3.05, 3.63) is 59.7 Å². The first kappa shape index (κ1) is 23.8. The molecular formula is C27H32N2O5. The Morgan fingerprint density at radius 3 is 2.18 bits per heavy atom. The van der Waals surface area contributed by atoms with Crippen molar-refractivity contribution < 1.29 is 24.2 Å². The first-order valence-corrected chi connectivity index (χ1v) is 11.9. The smallest absolute Gasteiger partial charge is 0.407 e. The Balaban J connectivity index is 1.42. The molecule has 0 aromatic heterocycles. The van der Waals surface area contributed by atoms with Crippen LogP contribution >= 0.6 is 0 Å². The molecule has 2 atom stereocenters. The monoisotopic (exact) mass is 464 g/mol. The van der Waals surface area contributed by atoms with Crippen LogP contribution in [0.25, 0.3) is 11.1 Å². The van der Waals surface area contributed by atoms with Gasteiger partial charge in [-0.1, -0.05) is 69.3 Å². The van der Waals surface area contributed by atoms with E-state index in [0.29, 0.717) is 19.4 Å². The Bertz CT molecular complexity index is 1050. The number of hydrogen-bond donors (Lipinski definition) is 2. The lowest BCUT2D eigenvalue weighted by Gasteiger charge is -2.28. The van der Waals surface area contributed by atoms with Gasteiger partial charge in [0, 0.05) is 19.0 Å². The van der Waals surface area contributed by atoms with E-state index in [1.807, 2.05) is 45.0 Å². The minimum atomic E-state index is -0.916. The Hall–Kier alpha value is -3.35. The number of amides is 2. The lowest BCUT2D eigenvalue weighted by Crippen LogP contribution is -2.51. The Morgan fingerprint density at radius 1 is 1.09 bits per heavy atom. The molecule has 2 N–H and O–H groups in total. The number of carbonyl (C=O) groups excluding carboxylic acids is 2. The van der Waals surface area contributed by atoms with E-state index in [1.54, 1.807) is 4.90 Å². The van der Waals surface area contributed by atoms with Crippen molar-refractivity contribution in [2.75, 3.05) is 19.7 Å². The maximum Gasteiger partial charge on any atom is 0.407 e. The molecule has 0 radical (unpaired) electrons. The highest BCUT2D eigenvalue weighted by Gasteiger charge is 2.46. The maximum absolute atomic E-state index is 13.2. The molecule has 2 aliphatic rings. The minimum absolute atomic E-state index is 0.0642. The van der Waals surface area contributed by atoms with Crippen LogP contribution in [0, 0.1) is 11.3 Å². The number of likely N-dealkylation sites (tertiary alicyclic amines) is 1. The quantitative estimate of drug-likeness (QED) is 0.638. The van der Waals surface area contributed by atoms with Gasteiger partial charge in [-0.15, -0.1) is 0 Å². The lowest BCUT2D eigenvalue weighted by molar-refractivity contribution is -0.148. The molecule has 180 valence electrons. The summed E-state index contributed by atoms with van der Waals surface area (Å²) in [6, 6.07) is 15.4. The zero-order chi connectivity index (χ0) is 24.5. The molecule has 2 amide bonds. The summed E-state index contributed by atoms with van der Waals surface area (Å²) in [7, 11) is 0. The molecule has 0 saturated carbocycles. The van der Waals surface area contributed by atoms with Gasteiger partial charge in [0.25, 0.3) is 0 Å². The molecule has 1 fully saturated rings. The number of aliphatic carboxylic acids is 1. The van der Waals surface area contributed by atoms with Gasteiger partial charge < -0.3 is 20.1 Å². The Morgan fingerprint density at radius 2 is 1.68 bits per heavy atom. The van der Waals surface area contributed by atoms with Crippen LogP contribution in [0.1, 0.15) is 50.7 Å². The molecule has 1 aliphatic heterocycles. The summed E-state index contributed by atoms with van der Waals surface area (Å²) in [6.45, 7) is 6.23. The molecule has 1 aliphatic carbocycles. The van der Waals surface area contributed by atoms with Gasteiger partial charge in [-0.05, 0) is 41.0 Å². The van der Waals surface area contributed by atoms with Crippen LogP contribution < -0.4 is 5.32 Å². The molecule has 7 nitrogen and oxygen atoms in total.